The van der Waals surface area contributed by atoms with Gasteiger partial charge in [-0.2, -0.15) is 0 Å². The van der Waals surface area contributed by atoms with Gasteiger partial charge in [0.1, 0.15) is 13.1 Å². The van der Waals surface area contributed by atoms with Crippen molar-refractivity contribution in [3.63, 3.8) is 0 Å². The summed E-state index contributed by atoms with van der Waals surface area (Å²) in [5.74, 6) is -2.26. The van der Waals surface area contributed by atoms with E-state index in [1.165, 1.54) is 4.90 Å². The second kappa shape index (κ2) is 12.6. The summed E-state index contributed by atoms with van der Waals surface area (Å²) in [6.45, 7) is 1.31. The number of carbonyl (C=O) groups is 5. The van der Waals surface area contributed by atoms with E-state index in [1.807, 2.05) is 25.1 Å². The molecule has 0 unspecified atom stereocenters. The quantitative estimate of drug-likeness (QED) is 0.286. The molecule has 1 saturated heterocycles. The molecule has 0 bridgehead atoms. The number of carboxylic acids is 1. The van der Waals surface area contributed by atoms with Gasteiger partial charge in [0.25, 0.3) is 5.91 Å². The number of aryl methyl sites for hydroxylation is 1. The maximum Gasteiger partial charge on any atom is 0.328 e. The molecule has 0 aromatic heterocycles. The Labute approximate surface area is 230 Å². The lowest BCUT2D eigenvalue weighted by molar-refractivity contribution is -0.138. The van der Waals surface area contributed by atoms with E-state index in [4.69, 9.17) is 0 Å². The van der Waals surface area contributed by atoms with Crippen molar-refractivity contribution in [3.05, 3.63) is 95.6 Å². The number of carbonyl (C=O) groups excluding carboxylic acids is 4. The van der Waals surface area contributed by atoms with Crippen LogP contribution in [0.1, 0.15) is 29.2 Å². The molecule has 11 heteroatoms. The van der Waals surface area contributed by atoms with Crippen LogP contribution < -0.4 is 16.0 Å². The van der Waals surface area contributed by atoms with Gasteiger partial charge < -0.3 is 26.0 Å². The molecule has 1 aliphatic heterocycles. The molecule has 0 spiro atoms. The first kappa shape index (κ1) is 27.8. The number of nitrogens with zero attached hydrogens (tertiary/aromatic N) is 2. The summed E-state index contributed by atoms with van der Waals surface area (Å²) >= 11 is 0. The highest BCUT2D eigenvalue weighted by atomic mass is 16.4. The molecule has 4 rings (SSSR count). The second-order valence-electron chi connectivity index (χ2n) is 9.34. The number of amides is 6. The van der Waals surface area contributed by atoms with Crippen LogP contribution in [0.25, 0.3) is 0 Å². The number of hydrogen-bond donors (Lipinski definition) is 4. The monoisotopic (exact) mass is 543 g/mol. The number of rotatable bonds is 10. The van der Waals surface area contributed by atoms with Crippen LogP contribution >= 0.6 is 0 Å². The summed E-state index contributed by atoms with van der Waals surface area (Å²) < 4.78 is 0. The molecule has 4 N–H and O–H groups in total. The van der Waals surface area contributed by atoms with Gasteiger partial charge in [0.05, 0.1) is 12.5 Å². The molecule has 1 aliphatic rings. The summed E-state index contributed by atoms with van der Waals surface area (Å²) in [5.41, 5.74) is 3.50. The summed E-state index contributed by atoms with van der Waals surface area (Å²) in [4.78, 5) is 63.9. The van der Waals surface area contributed by atoms with E-state index in [-0.39, 0.29) is 19.5 Å². The number of hydrogen-bond acceptors (Lipinski definition) is 5. The average molecular weight is 544 g/mol. The van der Waals surface area contributed by atoms with Crippen molar-refractivity contribution in [3.8, 4) is 0 Å². The number of aliphatic carboxylic acids is 1. The molecule has 206 valence electrons. The number of para-hydroxylation sites is 1. The van der Waals surface area contributed by atoms with Crippen LogP contribution in [0.3, 0.4) is 0 Å². The highest BCUT2D eigenvalue weighted by Crippen LogP contribution is 2.19. The lowest BCUT2D eigenvalue weighted by Crippen LogP contribution is -2.42. The smallest absolute Gasteiger partial charge is 0.328 e. The minimum absolute atomic E-state index is 0.129. The molecule has 11 nitrogen and oxygen atoms in total. The third kappa shape index (κ3) is 7.22. The van der Waals surface area contributed by atoms with Crippen molar-refractivity contribution in [2.24, 2.45) is 0 Å². The van der Waals surface area contributed by atoms with Crippen molar-refractivity contribution in [1.82, 2.24) is 15.1 Å². The first-order valence-electron chi connectivity index (χ1n) is 12.6. The predicted octanol–water partition coefficient (Wildman–Crippen LogP) is 3.74. The van der Waals surface area contributed by atoms with Crippen LogP contribution in [0.15, 0.2) is 78.9 Å². The third-order valence-corrected chi connectivity index (χ3v) is 6.32. The van der Waals surface area contributed by atoms with Crippen LogP contribution in [0.2, 0.25) is 0 Å². The van der Waals surface area contributed by atoms with Crippen molar-refractivity contribution in [2.75, 3.05) is 23.7 Å². The molecular formula is C29H29N5O6. The van der Waals surface area contributed by atoms with Gasteiger partial charge in [0.2, 0.25) is 5.91 Å². The highest BCUT2D eigenvalue weighted by Gasteiger charge is 2.37. The van der Waals surface area contributed by atoms with E-state index < -0.39 is 42.4 Å². The van der Waals surface area contributed by atoms with Gasteiger partial charge in [-0.3, -0.25) is 19.3 Å². The average Bonchev–Trinajstić information content (AvgIpc) is 3.18. The maximum atomic E-state index is 12.9. The van der Waals surface area contributed by atoms with Crippen molar-refractivity contribution in [1.29, 1.82) is 0 Å². The fourth-order valence-corrected chi connectivity index (χ4v) is 4.28. The molecule has 3 aromatic rings. The van der Waals surface area contributed by atoms with Gasteiger partial charge in [-0.15, -0.1) is 0 Å². The van der Waals surface area contributed by atoms with Gasteiger partial charge >= 0.3 is 18.0 Å². The lowest BCUT2D eigenvalue weighted by Gasteiger charge is -2.20. The number of urea groups is 2. The normalized spacial score (nSPS) is 13.6. The van der Waals surface area contributed by atoms with Crippen LogP contribution in [-0.2, 0) is 20.9 Å². The van der Waals surface area contributed by atoms with Crippen LogP contribution in [-0.4, -0.2) is 57.8 Å². The molecule has 0 radical (unpaired) electrons. The van der Waals surface area contributed by atoms with E-state index in [0.29, 0.717) is 16.9 Å². The summed E-state index contributed by atoms with van der Waals surface area (Å²) in [6, 6.07) is 21.0. The van der Waals surface area contributed by atoms with Gasteiger partial charge in [-0.1, -0.05) is 60.7 Å². The zero-order valence-electron chi connectivity index (χ0n) is 21.8. The number of anilines is 2. The van der Waals surface area contributed by atoms with Gasteiger partial charge in [0, 0.05) is 17.9 Å². The minimum atomic E-state index is -1.10. The van der Waals surface area contributed by atoms with Crippen LogP contribution in [0.4, 0.5) is 21.0 Å². The van der Waals surface area contributed by atoms with Gasteiger partial charge in [-0.25, -0.2) is 9.59 Å². The van der Waals surface area contributed by atoms with E-state index in [1.54, 1.807) is 60.7 Å². The van der Waals surface area contributed by atoms with Crippen molar-refractivity contribution < 1.29 is 29.1 Å². The maximum absolute atomic E-state index is 12.9. The molecule has 0 saturated carbocycles. The fourth-order valence-electron chi connectivity index (χ4n) is 4.28. The fraction of sp³-hybridized carbons (Fsp3) is 0.207. The molecule has 6 amide bonds. The summed E-state index contributed by atoms with van der Waals surface area (Å²) in [7, 11) is 0. The zero-order valence-corrected chi connectivity index (χ0v) is 21.8. The Morgan fingerprint density at radius 1 is 0.900 bits per heavy atom. The van der Waals surface area contributed by atoms with E-state index in [9.17, 15) is 29.1 Å². The summed E-state index contributed by atoms with van der Waals surface area (Å²) in [6.07, 6.45) is -0.345. The van der Waals surface area contributed by atoms with Gasteiger partial charge in [-0.05, 0) is 41.8 Å². The Morgan fingerprint density at radius 2 is 1.57 bits per heavy atom. The predicted molar refractivity (Wildman–Crippen MR) is 147 cm³/mol. The minimum Gasteiger partial charge on any atom is -0.481 e. The molecule has 0 aliphatic carbocycles. The Balaban J connectivity index is 1.31. The Morgan fingerprint density at radius 3 is 2.25 bits per heavy atom. The van der Waals surface area contributed by atoms with E-state index in [0.717, 1.165) is 16.0 Å². The topological polar surface area (TPSA) is 148 Å². The number of nitrogens with one attached hydrogen (secondary N) is 3. The standard InChI is InChI=1S/C29H29N5O6/c1-19-7-5-6-10-23(19)32-28(39)30-22-13-11-20(12-14-22)16-33-18-26(36)34(29(33)40)17-25(35)31-24(15-27(37)38)21-8-3-2-4-9-21/h2-14,24H,15-18H2,1H3,(H,31,35)(H,37,38)(H2,30,32,39)/t24-/m0/s1. The molecule has 40 heavy (non-hydrogen) atoms. The Hall–Kier alpha value is -5.19. The Kier molecular flexibility index (Phi) is 8.75. The lowest BCUT2D eigenvalue weighted by atomic mass is 10.0. The SMILES string of the molecule is Cc1ccccc1NC(=O)Nc1ccc(CN2CC(=O)N(CC(=O)N[C@@H](CC(=O)O)c3ccccc3)C2=O)cc1. The van der Waals surface area contributed by atoms with Gasteiger partial charge in [0.15, 0.2) is 0 Å². The number of benzene rings is 3. The van der Waals surface area contributed by atoms with Crippen LogP contribution in [0, 0.1) is 6.92 Å². The number of imide groups is 1. The second-order valence-corrected chi connectivity index (χ2v) is 9.34. The van der Waals surface area contributed by atoms with Crippen LogP contribution in [0.5, 0.6) is 0 Å². The first-order valence-corrected chi connectivity index (χ1v) is 12.6. The van der Waals surface area contributed by atoms with Crippen molar-refractivity contribution in [2.45, 2.75) is 25.9 Å². The summed E-state index contributed by atoms with van der Waals surface area (Å²) in [5, 5.41) is 17.4. The third-order valence-electron chi connectivity index (χ3n) is 6.32. The number of carboxylic acid groups (broad SMARTS) is 1. The van der Waals surface area contributed by atoms with E-state index in [2.05, 4.69) is 16.0 Å². The highest BCUT2D eigenvalue weighted by molar-refractivity contribution is 6.04. The largest absolute Gasteiger partial charge is 0.481 e. The van der Waals surface area contributed by atoms with Crippen molar-refractivity contribution >= 4 is 41.2 Å². The molecule has 1 atom stereocenters. The molecule has 1 fully saturated rings. The molecule has 3 aromatic carbocycles. The first-order chi connectivity index (χ1) is 19.2. The molecular weight excluding hydrogens is 514 g/mol. The molecule has 1 heterocycles. The zero-order chi connectivity index (χ0) is 28.6. The van der Waals surface area contributed by atoms with E-state index >= 15 is 0 Å². The Bertz CT molecular complexity index is 1410.